The minimum absolute atomic E-state index is 0.121. The average Bonchev–Trinajstić information content (AvgIpc) is 3.60. The summed E-state index contributed by atoms with van der Waals surface area (Å²) in [6.45, 7) is 0. The van der Waals surface area contributed by atoms with Crippen LogP contribution < -0.4 is 5.32 Å². The van der Waals surface area contributed by atoms with E-state index in [1.165, 1.54) is 24.5 Å². The van der Waals surface area contributed by atoms with E-state index in [9.17, 15) is 8.42 Å². The molecule has 176 valence electrons. The molecule has 2 aromatic carbocycles. The van der Waals surface area contributed by atoms with E-state index in [0.29, 0.717) is 17.2 Å². The molecule has 0 fully saturated rings. The third-order valence-corrected chi connectivity index (χ3v) is 7.44. The summed E-state index contributed by atoms with van der Waals surface area (Å²) in [6, 6.07) is 19.9. The van der Waals surface area contributed by atoms with Gasteiger partial charge in [-0.3, -0.25) is 10.1 Å². The van der Waals surface area contributed by atoms with Crippen LogP contribution in [0.1, 0.15) is 0 Å². The Morgan fingerprint density at radius 1 is 0.806 bits per heavy atom. The Morgan fingerprint density at radius 2 is 1.61 bits per heavy atom. The van der Waals surface area contributed by atoms with Crippen LogP contribution in [0.5, 0.6) is 0 Å². The van der Waals surface area contributed by atoms with Crippen LogP contribution in [0.25, 0.3) is 33.4 Å². The van der Waals surface area contributed by atoms with E-state index in [-0.39, 0.29) is 9.92 Å². The minimum atomic E-state index is -3.68. The molecule has 0 bridgehead atoms. The average molecular weight is 494 g/mol. The second kappa shape index (κ2) is 8.75. The highest BCUT2D eigenvalue weighted by atomic mass is 32.2. The molecule has 9 nitrogen and oxygen atoms in total. The van der Waals surface area contributed by atoms with Crippen LogP contribution in [0.4, 0.5) is 11.5 Å². The monoisotopic (exact) mass is 493 g/mol. The first-order chi connectivity index (χ1) is 17.6. The van der Waals surface area contributed by atoms with Gasteiger partial charge in [0.25, 0.3) is 0 Å². The Bertz CT molecular complexity index is 1760. The summed E-state index contributed by atoms with van der Waals surface area (Å²) in [6.07, 6.45) is 8.22. The molecule has 0 atom stereocenters. The van der Waals surface area contributed by atoms with E-state index in [0.717, 1.165) is 27.8 Å². The van der Waals surface area contributed by atoms with Crippen molar-refractivity contribution in [3.05, 3.63) is 97.7 Å². The molecule has 0 radical (unpaired) electrons. The first-order valence-electron chi connectivity index (χ1n) is 11.0. The molecule has 0 saturated carbocycles. The Labute approximate surface area is 206 Å². The number of benzene rings is 2. The molecule has 0 aliphatic rings. The number of aromatic amines is 2. The smallest absolute Gasteiger partial charge is 0.221 e. The predicted octanol–water partition coefficient (Wildman–Crippen LogP) is 4.99. The van der Waals surface area contributed by atoms with Gasteiger partial charge in [-0.05, 0) is 48.0 Å². The van der Waals surface area contributed by atoms with Gasteiger partial charge in [-0.25, -0.2) is 18.4 Å². The molecule has 36 heavy (non-hydrogen) atoms. The molecule has 4 heterocycles. The van der Waals surface area contributed by atoms with Crippen LogP contribution in [0, 0.1) is 0 Å². The van der Waals surface area contributed by atoms with Gasteiger partial charge in [0.15, 0.2) is 5.82 Å². The molecular weight excluding hydrogens is 474 g/mol. The van der Waals surface area contributed by atoms with Gasteiger partial charge in [0.2, 0.25) is 9.84 Å². The second-order valence-electron chi connectivity index (χ2n) is 8.08. The van der Waals surface area contributed by atoms with Crippen molar-refractivity contribution in [3.63, 3.8) is 0 Å². The van der Waals surface area contributed by atoms with E-state index in [4.69, 9.17) is 0 Å². The summed E-state index contributed by atoms with van der Waals surface area (Å²) < 4.78 is 25.9. The highest BCUT2D eigenvalue weighted by Crippen LogP contribution is 2.28. The van der Waals surface area contributed by atoms with Crippen molar-refractivity contribution in [2.45, 2.75) is 9.92 Å². The topological polar surface area (TPSA) is 129 Å². The molecule has 0 aliphatic heterocycles. The summed E-state index contributed by atoms with van der Waals surface area (Å²) in [4.78, 5) is 16.2. The number of nitrogens with zero attached hydrogens (tertiary/aromatic N) is 4. The number of hydrogen-bond donors (Lipinski definition) is 3. The molecular formula is C26H19N7O2S. The van der Waals surface area contributed by atoms with Crippen molar-refractivity contribution >= 4 is 32.2 Å². The maximum atomic E-state index is 13.0. The van der Waals surface area contributed by atoms with Crippen molar-refractivity contribution in [2.75, 3.05) is 5.32 Å². The van der Waals surface area contributed by atoms with E-state index >= 15 is 0 Å². The van der Waals surface area contributed by atoms with Gasteiger partial charge >= 0.3 is 0 Å². The van der Waals surface area contributed by atoms with Crippen molar-refractivity contribution in [1.29, 1.82) is 0 Å². The Hall–Kier alpha value is -4.83. The lowest BCUT2D eigenvalue weighted by atomic mass is 10.1. The summed E-state index contributed by atoms with van der Waals surface area (Å²) in [5.74, 6) is 1.16. The van der Waals surface area contributed by atoms with E-state index in [2.05, 4.69) is 35.5 Å². The SMILES string of the molecule is O=S(=O)(c1ccncc1)c1cc2ccc(-c3nccc(Nc4ccc(-c5cn[nH]c5)cc4)n3)cc2[nH]1. The van der Waals surface area contributed by atoms with Gasteiger partial charge in [-0.1, -0.05) is 24.3 Å². The number of aromatic nitrogens is 6. The third kappa shape index (κ3) is 4.10. The number of nitrogens with one attached hydrogen (secondary N) is 3. The molecule has 6 aromatic rings. The fourth-order valence-electron chi connectivity index (χ4n) is 3.90. The predicted molar refractivity (Wildman–Crippen MR) is 136 cm³/mol. The number of fused-ring (bicyclic) bond motifs is 1. The molecule has 0 saturated heterocycles. The Morgan fingerprint density at radius 3 is 2.39 bits per heavy atom. The van der Waals surface area contributed by atoms with Crippen LogP contribution in [0.15, 0.2) is 108 Å². The number of rotatable bonds is 6. The first kappa shape index (κ1) is 21.7. The van der Waals surface area contributed by atoms with E-state index in [1.54, 1.807) is 24.5 Å². The molecule has 4 aromatic heterocycles. The molecule has 10 heteroatoms. The zero-order valence-electron chi connectivity index (χ0n) is 18.8. The van der Waals surface area contributed by atoms with Crippen LogP contribution in [0.3, 0.4) is 0 Å². The maximum absolute atomic E-state index is 13.0. The number of H-pyrrole nitrogens is 2. The maximum Gasteiger partial charge on any atom is 0.221 e. The summed E-state index contributed by atoms with van der Waals surface area (Å²) in [5.41, 5.74) is 4.40. The van der Waals surface area contributed by atoms with Gasteiger partial charge in [0, 0.05) is 52.5 Å². The van der Waals surface area contributed by atoms with Crippen LogP contribution >= 0.6 is 0 Å². The number of pyridine rings is 1. The molecule has 0 aliphatic carbocycles. The highest BCUT2D eigenvalue weighted by Gasteiger charge is 2.20. The van der Waals surface area contributed by atoms with Gasteiger partial charge in [-0.15, -0.1) is 0 Å². The molecule has 3 N–H and O–H groups in total. The lowest BCUT2D eigenvalue weighted by Gasteiger charge is -2.08. The third-order valence-electron chi connectivity index (χ3n) is 5.75. The molecule has 0 amide bonds. The fourth-order valence-corrected chi connectivity index (χ4v) is 5.16. The summed E-state index contributed by atoms with van der Waals surface area (Å²) in [7, 11) is -3.68. The molecule has 0 unspecified atom stereocenters. The first-order valence-corrected chi connectivity index (χ1v) is 12.5. The lowest BCUT2D eigenvalue weighted by Crippen LogP contribution is -2.02. The largest absolute Gasteiger partial charge is 0.345 e. The summed E-state index contributed by atoms with van der Waals surface area (Å²) >= 11 is 0. The van der Waals surface area contributed by atoms with Gasteiger partial charge in [0.05, 0.1) is 11.1 Å². The number of sulfone groups is 1. The zero-order chi connectivity index (χ0) is 24.5. The zero-order valence-corrected chi connectivity index (χ0v) is 19.6. The lowest BCUT2D eigenvalue weighted by molar-refractivity contribution is 0.593. The molecule has 6 rings (SSSR count). The van der Waals surface area contributed by atoms with E-state index in [1.807, 2.05) is 48.7 Å². The quantitative estimate of drug-likeness (QED) is 0.298. The number of hydrogen-bond acceptors (Lipinski definition) is 7. The van der Waals surface area contributed by atoms with Gasteiger partial charge in [-0.2, -0.15) is 5.10 Å². The Balaban J connectivity index is 1.27. The molecule has 0 spiro atoms. The van der Waals surface area contributed by atoms with Crippen LogP contribution in [-0.2, 0) is 9.84 Å². The van der Waals surface area contributed by atoms with Crippen molar-refractivity contribution in [3.8, 4) is 22.5 Å². The Kier molecular flexibility index (Phi) is 5.27. The fraction of sp³-hybridized carbons (Fsp3) is 0. The normalized spacial score (nSPS) is 11.6. The number of anilines is 2. The van der Waals surface area contributed by atoms with Gasteiger partial charge < -0.3 is 10.3 Å². The highest BCUT2D eigenvalue weighted by molar-refractivity contribution is 7.91. The standard InChI is InChI=1S/C26H19N7O2S/c34-36(35,22-7-10-27-11-8-22)25-14-18-1-2-19(13-23(18)32-25)26-28-12-9-24(33-26)31-21-5-3-17(4-6-21)20-15-29-30-16-20/h1-16,32H,(H,29,30)(H,28,31,33). The second-order valence-corrected chi connectivity index (χ2v) is 9.99. The van der Waals surface area contributed by atoms with Crippen molar-refractivity contribution in [2.24, 2.45) is 0 Å². The van der Waals surface area contributed by atoms with E-state index < -0.39 is 9.84 Å². The summed E-state index contributed by atoms with van der Waals surface area (Å²) in [5, 5.41) is 11.0. The van der Waals surface area contributed by atoms with Crippen LogP contribution in [-0.4, -0.2) is 38.6 Å². The van der Waals surface area contributed by atoms with Crippen molar-refractivity contribution in [1.82, 2.24) is 30.1 Å². The van der Waals surface area contributed by atoms with Gasteiger partial charge in [0.1, 0.15) is 10.8 Å². The van der Waals surface area contributed by atoms with Crippen molar-refractivity contribution < 1.29 is 8.42 Å². The minimum Gasteiger partial charge on any atom is -0.345 e. The van der Waals surface area contributed by atoms with Crippen LogP contribution in [0.2, 0.25) is 0 Å².